The number of benzene rings is 1. The van der Waals surface area contributed by atoms with Crippen molar-refractivity contribution < 1.29 is 62.1 Å². The Morgan fingerprint density at radius 1 is 1.26 bits per heavy atom. The molecular weight excluding hydrogens is 488 g/mol. The maximum Gasteiger partial charge on any atom is 1.00 e. The Balaban J connectivity index is 0.00000612. The number of hydrogen-bond donors (Lipinski definition) is 1. The van der Waals surface area contributed by atoms with Gasteiger partial charge in [-0.1, -0.05) is 26.0 Å². The largest absolute Gasteiger partial charge is 1.00 e. The van der Waals surface area contributed by atoms with Crippen LogP contribution in [0.15, 0.2) is 30.3 Å². The Hall–Kier alpha value is -1.89. The number of aromatic nitrogens is 2. The van der Waals surface area contributed by atoms with E-state index in [1.165, 1.54) is 38.4 Å². The number of rotatable bonds is 11. The van der Waals surface area contributed by atoms with Crippen LogP contribution >= 0.6 is 0 Å². The SMILES string of the molecule is CO[C@H](/C=C/c1c(-c2ccc(F)cc2)nc(N(C)S(C)(=O)=O)nc1C(C)C)C[C@@H](O)CC(=O)[O-].[Na+]. The second-order valence-electron chi connectivity index (χ2n) is 8.16. The van der Waals surface area contributed by atoms with Gasteiger partial charge in [-0.2, -0.15) is 0 Å². The Bertz CT molecular complexity index is 1140. The molecule has 12 heteroatoms. The van der Waals surface area contributed by atoms with Crippen LogP contribution in [0.3, 0.4) is 0 Å². The summed E-state index contributed by atoms with van der Waals surface area (Å²) in [6, 6.07) is 5.60. The molecule has 1 aromatic carbocycles. The molecule has 1 aromatic heterocycles. The average Bonchev–Trinajstić information content (AvgIpc) is 2.74. The minimum Gasteiger partial charge on any atom is -0.550 e. The summed E-state index contributed by atoms with van der Waals surface area (Å²) in [5, 5.41) is 20.7. The number of sulfonamides is 1. The third-order valence-electron chi connectivity index (χ3n) is 5.09. The monoisotopic (exact) mass is 517 g/mol. The van der Waals surface area contributed by atoms with Crippen LogP contribution in [-0.2, 0) is 19.6 Å². The zero-order valence-electron chi connectivity index (χ0n) is 20.7. The van der Waals surface area contributed by atoms with E-state index in [4.69, 9.17) is 4.74 Å². The van der Waals surface area contributed by atoms with Crippen LogP contribution in [0, 0.1) is 5.82 Å². The fourth-order valence-corrected chi connectivity index (χ4v) is 3.57. The number of ether oxygens (including phenoxy) is 1. The number of carbonyl (C=O) groups is 1. The van der Waals surface area contributed by atoms with E-state index in [2.05, 4.69) is 9.97 Å². The summed E-state index contributed by atoms with van der Waals surface area (Å²) in [4.78, 5) is 19.7. The van der Waals surface area contributed by atoms with Crippen LogP contribution in [0.1, 0.15) is 43.9 Å². The summed E-state index contributed by atoms with van der Waals surface area (Å²) in [6.07, 6.45) is 2.05. The molecule has 0 amide bonds. The van der Waals surface area contributed by atoms with E-state index in [9.17, 15) is 27.8 Å². The topological polar surface area (TPSA) is 133 Å². The number of aliphatic hydroxyl groups is 1. The summed E-state index contributed by atoms with van der Waals surface area (Å²) < 4.78 is 44.1. The standard InChI is InChI=1S/C23H30FN3O6S.Na/c1-14(2)21-19(11-10-18(33-4)12-17(28)13-20(29)30)22(15-6-8-16(24)9-7-15)26-23(25-21)27(3)34(5,31)32;/h6-11,14,17-18,28H,12-13H2,1-5H3,(H,29,30);/q;+1/p-1/b11-10+;/t17-,18-;/m1./s1. The molecule has 0 aliphatic rings. The predicted octanol–water partition coefficient (Wildman–Crippen LogP) is -1.27. The van der Waals surface area contributed by atoms with Gasteiger partial charge in [0.2, 0.25) is 16.0 Å². The number of hydrogen-bond acceptors (Lipinski definition) is 8. The van der Waals surface area contributed by atoms with E-state index < -0.39 is 40.4 Å². The summed E-state index contributed by atoms with van der Waals surface area (Å²) in [7, 11) is -0.873. The van der Waals surface area contributed by atoms with Crippen molar-refractivity contribution in [3.63, 3.8) is 0 Å². The van der Waals surface area contributed by atoms with Crippen molar-refractivity contribution in [3.05, 3.63) is 47.4 Å². The molecule has 0 radical (unpaired) electrons. The van der Waals surface area contributed by atoms with Crippen molar-refractivity contribution in [1.29, 1.82) is 0 Å². The quantitative estimate of drug-likeness (QED) is 0.365. The molecule has 0 saturated carbocycles. The second kappa shape index (κ2) is 13.4. The Morgan fingerprint density at radius 3 is 2.34 bits per heavy atom. The zero-order valence-corrected chi connectivity index (χ0v) is 23.5. The molecule has 2 atom stereocenters. The van der Waals surface area contributed by atoms with Gasteiger partial charge in [-0.3, -0.25) is 0 Å². The molecule has 0 spiro atoms. The Kier molecular flexibility index (Phi) is 11.9. The van der Waals surface area contributed by atoms with Gasteiger partial charge in [0.15, 0.2) is 0 Å². The van der Waals surface area contributed by atoms with Gasteiger partial charge >= 0.3 is 29.6 Å². The number of carboxylic acids is 1. The average molecular weight is 518 g/mol. The first-order valence-corrected chi connectivity index (χ1v) is 12.4. The smallest absolute Gasteiger partial charge is 0.550 e. The number of aliphatic carboxylic acids is 1. The number of aliphatic hydroxyl groups excluding tert-OH is 1. The summed E-state index contributed by atoms with van der Waals surface area (Å²) in [5.74, 6) is -1.98. The van der Waals surface area contributed by atoms with Crippen LogP contribution in [0.2, 0.25) is 0 Å². The molecule has 0 unspecified atom stereocenters. The molecule has 1 heterocycles. The first-order valence-electron chi connectivity index (χ1n) is 10.5. The maximum absolute atomic E-state index is 13.6. The first kappa shape index (κ1) is 31.1. The van der Waals surface area contributed by atoms with Crippen molar-refractivity contribution in [2.45, 2.75) is 44.8 Å². The molecule has 9 nitrogen and oxygen atoms in total. The second-order valence-corrected chi connectivity index (χ2v) is 10.2. The van der Waals surface area contributed by atoms with Gasteiger partial charge in [-0.25, -0.2) is 27.1 Å². The molecule has 35 heavy (non-hydrogen) atoms. The molecule has 0 bridgehead atoms. The summed E-state index contributed by atoms with van der Waals surface area (Å²) in [5.41, 5.74) is 2.02. The number of halogens is 1. The van der Waals surface area contributed by atoms with E-state index in [0.717, 1.165) is 10.6 Å². The molecule has 186 valence electrons. The summed E-state index contributed by atoms with van der Waals surface area (Å²) >= 11 is 0. The fourth-order valence-electron chi connectivity index (χ4n) is 3.20. The minimum atomic E-state index is -3.64. The van der Waals surface area contributed by atoms with Gasteiger partial charge in [-0.05, 0) is 30.2 Å². The third kappa shape index (κ3) is 8.93. The number of methoxy groups -OCH3 is 1. The molecule has 0 saturated heterocycles. The molecule has 0 aliphatic heterocycles. The number of anilines is 1. The van der Waals surface area contributed by atoms with E-state index in [1.807, 2.05) is 13.8 Å². The van der Waals surface area contributed by atoms with Crippen LogP contribution in [-0.4, -0.2) is 62.1 Å². The fraction of sp³-hybridized carbons (Fsp3) is 0.435. The van der Waals surface area contributed by atoms with Crippen molar-refractivity contribution in [3.8, 4) is 11.3 Å². The van der Waals surface area contributed by atoms with Gasteiger partial charge in [0.25, 0.3) is 0 Å². The van der Waals surface area contributed by atoms with Crippen molar-refractivity contribution in [2.24, 2.45) is 0 Å². The molecule has 2 aromatic rings. The first-order chi connectivity index (χ1) is 15.8. The van der Waals surface area contributed by atoms with E-state index in [0.29, 0.717) is 22.5 Å². The Labute approximate surface area is 227 Å². The van der Waals surface area contributed by atoms with E-state index in [1.54, 1.807) is 12.2 Å². The van der Waals surface area contributed by atoms with Gasteiger partial charge in [0.1, 0.15) is 5.82 Å². The number of carboxylic acid groups (broad SMARTS) is 1. The molecule has 1 N–H and O–H groups in total. The molecule has 0 fully saturated rings. The van der Waals surface area contributed by atoms with E-state index >= 15 is 0 Å². The van der Waals surface area contributed by atoms with Crippen LogP contribution in [0.25, 0.3) is 17.3 Å². The molecule has 0 aliphatic carbocycles. The Morgan fingerprint density at radius 2 is 1.86 bits per heavy atom. The van der Waals surface area contributed by atoms with Gasteiger partial charge in [0.05, 0.1) is 29.9 Å². The van der Waals surface area contributed by atoms with Crippen molar-refractivity contribution >= 4 is 28.0 Å². The maximum atomic E-state index is 13.6. The van der Waals surface area contributed by atoms with Gasteiger partial charge in [0, 0.05) is 44.1 Å². The molecule has 2 rings (SSSR count). The molecular formula is C23H29FN3NaO6S. The minimum absolute atomic E-state index is 0. The number of carbonyl (C=O) groups excluding carboxylic acids is 1. The van der Waals surface area contributed by atoms with Gasteiger partial charge < -0.3 is 19.7 Å². The normalized spacial score (nSPS) is 13.5. The predicted molar refractivity (Wildman–Crippen MR) is 125 cm³/mol. The van der Waals surface area contributed by atoms with Crippen molar-refractivity contribution in [1.82, 2.24) is 9.97 Å². The third-order valence-corrected chi connectivity index (χ3v) is 6.25. The van der Waals surface area contributed by atoms with E-state index in [-0.39, 0.29) is 47.8 Å². The van der Waals surface area contributed by atoms with Crippen molar-refractivity contribution in [2.75, 3.05) is 24.7 Å². The van der Waals surface area contributed by atoms with Crippen LogP contribution < -0.4 is 39.0 Å². The zero-order chi connectivity index (χ0) is 25.6. The summed E-state index contributed by atoms with van der Waals surface area (Å²) in [6.45, 7) is 3.77. The number of nitrogens with zero attached hydrogens (tertiary/aromatic N) is 3. The van der Waals surface area contributed by atoms with Gasteiger partial charge in [-0.15, -0.1) is 0 Å². The van der Waals surface area contributed by atoms with Crippen LogP contribution in [0.4, 0.5) is 10.3 Å². The van der Waals surface area contributed by atoms with Crippen LogP contribution in [0.5, 0.6) is 0 Å².